The van der Waals surface area contributed by atoms with Gasteiger partial charge >= 0.3 is 5.97 Å². The van der Waals surface area contributed by atoms with Gasteiger partial charge in [-0.3, -0.25) is 82.7 Å². The summed E-state index contributed by atoms with van der Waals surface area (Å²) in [7, 11) is 2.25. The highest BCUT2D eigenvalue weighted by Crippen LogP contribution is 2.28. The maximum atomic E-state index is 15.4. The second-order valence-corrected chi connectivity index (χ2v) is 31.3. The van der Waals surface area contributed by atoms with Gasteiger partial charge in [-0.15, -0.1) is 0 Å². The monoisotopic (exact) mass is 1690 g/mol. The van der Waals surface area contributed by atoms with E-state index in [0.29, 0.717) is 6.42 Å². The van der Waals surface area contributed by atoms with E-state index in [1.54, 1.807) is 20.8 Å². The van der Waals surface area contributed by atoms with E-state index in [-0.39, 0.29) is 81.8 Å². The molecule has 0 aromatic heterocycles. The Labute approximate surface area is 689 Å². The Kier molecular flexibility index (Phi) is 41.8. The number of carbonyl (C=O) groups is 16. The van der Waals surface area contributed by atoms with Gasteiger partial charge in [0.1, 0.15) is 84.5 Å². The molecule has 1 aromatic carbocycles. The molecule has 12 unspecified atom stereocenters. The summed E-state index contributed by atoms with van der Waals surface area (Å²) in [6, 6.07) is -16.1. The summed E-state index contributed by atoms with van der Waals surface area (Å²) in [6.07, 6.45) is -15.5. The Morgan fingerprint density at radius 2 is 1.20 bits per heavy atom. The van der Waals surface area contributed by atoms with Crippen molar-refractivity contribution in [2.75, 3.05) is 33.8 Å². The van der Waals surface area contributed by atoms with Gasteiger partial charge in [-0.1, -0.05) is 67.5 Å². The molecule has 2 aliphatic heterocycles. The fourth-order valence-corrected chi connectivity index (χ4v) is 13.8. The summed E-state index contributed by atoms with van der Waals surface area (Å²) in [5, 5.41) is 98.7. The van der Waals surface area contributed by atoms with E-state index in [0.717, 1.165) is 37.8 Å². The third-order valence-electron chi connectivity index (χ3n) is 20.6. The number of aliphatic hydroxyl groups is 4. The molecule has 1 aromatic rings. The van der Waals surface area contributed by atoms with Crippen molar-refractivity contribution >= 4 is 106 Å². The summed E-state index contributed by atoms with van der Waals surface area (Å²) >= 11 is 0. The molecule has 2 heterocycles. The number of primary amides is 4. The number of phenols is 1. The zero-order valence-electron chi connectivity index (χ0n) is 69.3. The van der Waals surface area contributed by atoms with E-state index in [4.69, 9.17) is 54.7 Å². The van der Waals surface area contributed by atoms with Crippen LogP contribution in [0.2, 0.25) is 0 Å². The number of hydrogen-bond acceptors (Lipinski definition) is 25. The molecule has 44 nitrogen and oxygen atoms in total. The van der Waals surface area contributed by atoms with Crippen molar-refractivity contribution < 1.29 is 112 Å². The van der Waals surface area contributed by atoms with E-state index in [1.807, 2.05) is 13.8 Å². The molecule has 30 N–H and O–H groups in total. The molecule has 15 amide bonds. The van der Waals surface area contributed by atoms with Crippen molar-refractivity contribution in [3.63, 3.8) is 0 Å². The van der Waals surface area contributed by atoms with Crippen LogP contribution in [-0.2, 0) is 86.2 Å². The van der Waals surface area contributed by atoms with Crippen LogP contribution in [0.15, 0.2) is 24.3 Å². The fourth-order valence-electron chi connectivity index (χ4n) is 13.8. The fraction of sp³-hybridized carbons (Fsp3) is 0.680. The van der Waals surface area contributed by atoms with Crippen LogP contribution in [0.3, 0.4) is 0 Å². The highest BCUT2D eigenvalue weighted by Gasteiger charge is 2.47. The van der Waals surface area contributed by atoms with Gasteiger partial charge in [-0.25, -0.2) is 4.79 Å². The lowest BCUT2D eigenvalue weighted by Crippen LogP contribution is -2.65. The van der Waals surface area contributed by atoms with E-state index < -0.39 is 271 Å². The van der Waals surface area contributed by atoms with Crippen molar-refractivity contribution in [3.05, 3.63) is 29.8 Å². The largest absolute Gasteiger partial charge is 0.508 e. The van der Waals surface area contributed by atoms with E-state index in [1.165, 1.54) is 45.0 Å². The number of benzene rings is 1. The Morgan fingerprint density at radius 3 is 1.75 bits per heavy atom. The zero-order chi connectivity index (χ0) is 90.3. The molecular weight excluding hydrogens is 1560 g/mol. The summed E-state index contributed by atoms with van der Waals surface area (Å²) in [5.41, 5.74) is 33.7. The standard InChI is InChI=1S/C75H125N21O23/c1-33(2)29-35(5)57(102)38(8)62(106)88-45(31-51(77)100)64(108)86-43(17-15-26-84-74(80)81)58(103)59(104)70(114)91-53(36(6)37(7)61(79)105)66(110)93-55-40(10)119-73(117)49-19-13-14-28-96(49)72(116)47(32-52(78)101)90-69(113)56(60(118-12)41-20-22-42(98)23-21-41)94-65(109)48(24-25-50(76)99)95(11)71(115)46(30-34(3)4)89-63(107)44(18-16-27-85-75(82)83)87-67(111)54(39(9)97)92-68(55)112/h20-23,33-40,43-49,53-60,97-98,102-104H,13-19,24-32H2,1-12H3,(H2,76,99)(H2,77,100)(H2,78,101)(H2,79,105)(H,86,108)(H,87,111)(H,88,106)(H,89,107)(H,90,113)(H,91,114)(H,92,112)(H,93,110)(H,94,109)(H4,80,81,84)(H4,82,83,85)/t35-,36?,37-,38?,39?,40?,43+,44-,45?,46+,47-,48?,49?,53?,54-,55?,56?,57?,58?,59-,60-/m1/s1. The number of nitrogens with one attached hydrogen (secondary N) is 13. The lowest BCUT2D eigenvalue weighted by Gasteiger charge is -2.38. The third-order valence-corrected chi connectivity index (χ3v) is 20.6. The minimum atomic E-state index is -2.71. The van der Waals surface area contributed by atoms with Crippen molar-refractivity contribution in [2.45, 2.75) is 256 Å². The summed E-state index contributed by atoms with van der Waals surface area (Å²) in [4.78, 5) is 231. The molecule has 0 spiro atoms. The first-order chi connectivity index (χ1) is 55.5. The van der Waals surface area contributed by atoms with Gasteiger partial charge in [-0.05, 0) is 119 Å². The Morgan fingerprint density at radius 1 is 0.622 bits per heavy atom. The van der Waals surface area contributed by atoms with Crippen LogP contribution in [-0.4, -0.2) is 273 Å². The summed E-state index contributed by atoms with van der Waals surface area (Å²) < 4.78 is 11.8. The number of cyclic esters (lactones) is 1. The van der Waals surface area contributed by atoms with Gasteiger partial charge in [0.2, 0.25) is 82.7 Å². The van der Waals surface area contributed by atoms with Crippen LogP contribution in [0.1, 0.15) is 164 Å². The Balaban J connectivity index is 2.43. The van der Waals surface area contributed by atoms with E-state index >= 15 is 33.6 Å². The number of nitrogens with two attached hydrogens (primary N) is 6. The van der Waals surface area contributed by atoms with Crippen molar-refractivity contribution in [2.24, 2.45) is 69.9 Å². The number of ether oxygens (including phenoxy) is 2. The molecule has 119 heavy (non-hydrogen) atoms. The number of nitrogens with zero attached hydrogens (tertiary/aromatic N) is 2. The maximum absolute atomic E-state index is 15.4. The molecule has 0 saturated carbocycles. The zero-order valence-corrected chi connectivity index (χ0v) is 69.3. The number of hydrogen-bond donors (Lipinski definition) is 24. The highest BCUT2D eigenvalue weighted by atomic mass is 16.5. The van der Waals surface area contributed by atoms with Crippen molar-refractivity contribution in [1.82, 2.24) is 68.3 Å². The number of fused-ring (bicyclic) bond motifs is 1. The molecule has 2 saturated heterocycles. The molecule has 0 bridgehead atoms. The van der Waals surface area contributed by atoms with Gasteiger partial charge in [0.05, 0.1) is 37.0 Å². The number of guanidine groups is 2. The normalized spacial score (nSPS) is 23.3. The number of piperidine rings is 1. The van der Waals surface area contributed by atoms with Crippen LogP contribution in [0.25, 0.3) is 0 Å². The molecule has 668 valence electrons. The van der Waals surface area contributed by atoms with E-state index in [2.05, 4.69) is 58.5 Å². The van der Waals surface area contributed by atoms with Crippen LogP contribution in [0.4, 0.5) is 0 Å². The predicted octanol–water partition coefficient (Wildman–Crippen LogP) is -7.28. The van der Waals surface area contributed by atoms with Crippen molar-refractivity contribution in [1.29, 1.82) is 10.8 Å². The lowest BCUT2D eigenvalue weighted by atomic mass is 9.87. The Hall–Kier alpha value is -11.1. The SMILES string of the molecule is CO[C@H](c1ccc(O)cc1)C1NC(=O)C(CCC(N)=O)N(C)C(=O)[C@H](CC(C)C)NC(=O)[C@@H](CCCNC(=N)N)NC(=O)[C@@H](C(C)O)NC(=O)C(NC(=O)C(NC(=O)[C@H](O)C(O)[C@H](CCCNC(=N)N)NC(=O)C(CC(N)=O)NC(=O)C(C)C(O)[C@H](C)CC(C)C)C(C)[C@@H](C)C(N)=O)C(C)OC(=O)C2CCCCN2C(=O)[C@@H](CC(N)=O)NC1=O. The number of rotatable bonds is 38. The number of likely N-dealkylation sites (N-methyl/N-ethyl adjacent to an activating group) is 1. The minimum Gasteiger partial charge on any atom is -0.508 e. The number of carbonyl (C=O) groups excluding carboxylic acids is 16. The molecule has 44 heteroatoms. The lowest BCUT2D eigenvalue weighted by molar-refractivity contribution is -0.164. The quantitative estimate of drug-likeness (QED) is 0.0127. The molecule has 2 fully saturated rings. The van der Waals surface area contributed by atoms with Gasteiger partial charge in [0, 0.05) is 46.1 Å². The first kappa shape index (κ1) is 102. The Bertz CT molecular complexity index is 3720. The van der Waals surface area contributed by atoms with Crippen LogP contribution >= 0.6 is 0 Å². The number of aromatic hydroxyl groups is 1. The van der Waals surface area contributed by atoms with Gasteiger partial charge in [0.25, 0.3) is 5.91 Å². The molecule has 21 atom stereocenters. The molecule has 2 aliphatic rings. The molecular formula is C75H125N21O23. The number of phenolic OH excluding ortho intramolecular Hbond substituents is 1. The number of esters is 1. The first-order valence-corrected chi connectivity index (χ1v) is 39.4. The van der Waals surface area contributed by atoms with Gasteiger partial charge in [0.15, 0.2) is 18.0 Å². The van der Waals surface area contributed by atoms with Crippen molar-refractivity contribution in [3.8, 4) is 5.75 Å². The third kappa shape index (κ3) is 32.3. The average molecular weight is 1690 g/mol. The number of aliphatic hydroxyl groups excluding tert-OH is 4. The average Bonchev–Trinajstić information content (AvgIpc) is 0.995. The van der Waals surface area contributed by atoms with Gasteiger partial charge in [-0.2, -0.15) is 0 Å². The van der Waals surface area contributed by atoms with E-state index in [9.17, 15) is 68.7 Å². The smallest absolute Gasteiger partial charge is 0.329 e. The topological polar surface area (TPSA) is 735 Å². The predicted molar refractivity (Wildman–Crippen MR) is 426 cm³/mol. The van der Waals surface area contributed by atoms with Crippen LogP contribution in [0, 0.1) is 46.3 Å². The maximum Gasteiger partial charge on any atom is 0.329 e. The summed E-state index contributed by atoms with van der Waals surface area (Å²) in [5.74, 6) is -25.7. The first-order valence-electron chi connectivity index (χ1n) is 39.4. The highest BCUT2D eigenvalue weighted by molar-refractivity contribution is 6.01. The second-order valence-electron chi connectivity index (χ2n) is 31.3. The van der Waals surface area contributed by atoms with Crippen LogP contribution in [0.5, 0.6) is 5.75 Å². The summed E-state index contributed by atoms with van der Waals surface area (Å²) in [6.45, 7) is 14.1. The number of amides is 15. The minimum absolute atomic E-state index is 0.0877. The molecule has 3 rings (SSSR count). The second kappa shape index (κ2) is 48.7. The van der Waals surface area contributed by atoms with Gasteiger partial charge < -0.3 is 138 Å². The molecule has 0 radical (unpaired) electrons. The molecule has 0 aliphatic carbocycles. The number of methoxy groups -OCH3 is 1. The van der Waals surface area contributed by atoms with Crippen LogP contribution < -0.4 is 92.9 Å².